The van der Waals surface area contributed by atoms with Gasteiger partial charge in [-0.2, -0.15) is 5.10 Å². The third-order valence-corrected chi connectivity index (χ3v) is 4.50. The van der Waals surface area contributed by atoms with Gasteiger partial charge in [-0.05, 0) is 31.6 Å². The Morgan fingerprint density at radius 2 is 1.95 bits per heavy atom. The van der Waals surface area contributed by atoms with Gasteiger partial charge in [-0.25, -0.2) is 0 Å². The van der Waals surface area contributed by atoms with Gasteiger partial charge in [0.2, 0.25) is 0 Å². The maximum atomic E-state index is 9.21. The summed E-state index contributed by atoms with van der Waals surface area (Å²) in [6, 6.07) is 0.426. The Balaban J connectivity index is 1.69. The summed E-state index contributed by atoms with van der Waals surface area (Å²) in [4.78, 5) is 2.20. The van der Waals surface area contributed by atoms with Crippen molar-refractivity contribution < 1.29 is 9.84 Å². The van der Waals surface area contributed by atoms with Crippen molar-refractivity contribution in [3.05, 3.63) is 6.20 Å². The highest BCUT2D eigenvalue weighted by Gasteiger charge is 2.24. The molecular formula is C14H24N4O2. The quantitative estimate of drug-likeness (QED) is 0.864. The van der Waals surface area contributed by atoms with Crippen LogP contribution in [0.25, 0.3) is 0 Å². The van der Waals surface area contributed by atoms with Crippen LogP contribution in [0.15, 0.2) is 6.20 Å². The smallest absolute Gasteiger partial charge is 0.174 e. The van der Waals surface area contributed by atoms with E-state index in [0.29, 0.717) is 18.6 Å². The molecule has 112 valence electrons. The van der Waals surface area contributed by atoms with Gasteiger partial charge in [0.05, 0.1) is 31.1 Å². The molecule has 2 fully saturated rings. The number of hydrogen-bond donors (Lipinski definition) is 2. The Morgan fingerprint density at radius 3 is 2.60 bits per heavy atom. The number of ether oxygens (including phenoxy) is 1. The molecule has 3 N–H and O–H groups in total. The fourth-order valence-corrected chi connectivity index (χ4v) is 3.20. The second-order valence-corrected chi connectivity index (χ2v) is 5.84. The highest BCUT2D eigenvalue weighted by Crippen LogP contribution is 2.33. The lowest BCUT2D eigenvalue weighted by Gasteiger charge is -2.28. The molecule has 6 heteroatoms. The van der Waals surface area contributed by atoms with E-state index in [2.05, 4.69) is 4.90 Å². The van der Waals surface area contributed by atoms with Crippen LogP contribution in [0, 0.1) is 5.92 Å². The zero-order valence-electron chi connectivity index (χ0n) is 11.9. The summed E-state index contributed by atoms with van der Waals surface area (Å²) in [6.45, 7) is 3.52. The summed E-state index contributed by atoms with van der Waals surface area (Å²) in [6.07, 6.45) is 6.28. The normalized spacial score (nSPS) is 27.8. The van der Waals surface area contributed by atoms with E-state index in [1.807, 2.05) is 10.9 Å². The molecule has 0 radical (unpaired) electrons. The van der Waals surface area contributed by atoms with Crippen LogP contribution in [0.5, 0.6) is 0 Å². The lowest BCUT2D eigenvalue weighted by molar-refractivity contribution is 0.122. The minimum Gasteiger partial charge on any atom is -0.396 e. The first-order valence-corrected chi connectivity index (χ1v) is 7.56. The molecule has 0 amide bonds. The Labute approximate surface area is 119 Å². The van der Waals surface area contributed by atoms with Crippen LogP contribution in [0.4, 0.5) is 11.5 Å². The van der Waals surface area contributed by atoms with Crippen molar-refractivity contribution in [2.75, 3.05) is 43.5 Å². The number of morpholine rings is 1. The number of nitrogens with two attached hydrogens (primary N) is 1. The first kappa shape index (κ1) is 13.7. The van der Waals surface area contributed by atoms with E-state index >= 15 is 0 Å². The van der Waals surface area contributed by atoms with E-state index < -0.39 is 0 Å². The minimum atomic E-state index is 0.312. The average Bonchev–Trinajstić information content (AvgIpc) is 2.90. The van der Waals surface area contributed by atoms with E-state index in [-0.39, 0.29) is 0 Å². The van der Waals surface area contributed by atoms with E-state index in [1.54, 1.807) is 0 Å². The molecule has 1 aliphatic heterocycles. The van der Waals surface area contributed by atoms with Gasteiger partial charge in [0.15, 0.2) is 5.82 Å². The Hall–Kier alpha value is -1.27. The van der Waals surface area contributed by atoms with Gasteiger partial charge in [0.25, 0.3) is 0 Å². The molecule has 1 saturated heterocycles. The molecule has 1 aliphatic carbocycles. The molecule has 0 aromatic carbocycles. The van der Waals surface area contributed by atoms with Crippen molar-refractivity contribution in [1.29, 1.82) is 0 Å². The molecule has 1 saturated carbocycles. The van der Waals surface area contributed by atoms with Gasteiger partial charge in [-0.1, -0.05) is 0 Å². The summed E-state index contributed by atoms with van der Waals surface area (Å²) in [5.74, 6) is 1.37. The van der Waals surface area contributed by atoms with Crippen molar-refractivity contribution in [2.45, 2.75) is 31.7 Å². The van der Waals surface area contributed by atoms with Crippen LogP contribution in [0.3, 0.4) is 0 Å². The number of rotatable bonds is 3. The Morgan fingerprint density at radius 1 is 1.25 bits per heavy atom. The van der Waals surface area contributed by atoms with Crippen LogP contribution in [-0.2, 0) is 4.74 Å². The van der Waals surface area contributed by atoms with Gasteiger partial charge < -0.3 is 20.5 Å². The van der Waals surface area contributed by atoms with E-state index in [1.165, 1.54) is 0 Å². The second kappa shape index (κ2) is 6.01. The largest absolute Gasteiger partial charge is 0.396 e. The standard InChI is InChI=1S/C14H24N4O2/c15-13-9-18(12-3-1-11(10-19)2-4-12)16-14(13)17-5-7-20-8-6-17/h9,11-12,19H,1-8,10,15H2/t11-,12-. The molecule has 20 heavy (non-hydrogen) atoms. The molecule has 1 aromatic rings. The van der Waals surface area contributed by atoms with E-state index in [0.717, 1.165) is 63.5 Å². The van der Waals surface area contributed by atoms with Gasteiger partial charge in [0, 0.05) is 19.7 Å². The van der Waals surface area contributed by atoms with Crippen LogP contribution in [-0.4, -0.2) is 47.8 Å². The van der Waals surface area contributed by atoms with Gasteiger partial charge in [0.1, 0.15) is 0 Å². The summed E-state index contributed by atoms with van der Waals surface area (Å²) in [5, 5.41) is 13.9. The fraction of sp³-hybridized carbons (Fsp3) is 0.786. The number of hydrogen-bond acceptors (Lipinski definition) is 5. The minimum absolute atomic E-state index is 0.312. The molecular weight excluding hydrogens is 256 g/mol. The fourth-order valence-electron chi connectivity index (χ4n) is 3.20. The van der Waals surface area contributed by atoms with Crippen molar-refractivity contribution in [3.8, 4) is 0 Å². The summed E-state index contributed by atoms with van der Waals surface area (Å²) in [7, 11) is 0. The van der Waals surface area contributed by atoms with Gasteiger partial charge >= 0.3 is 0 Å². The number of anilines is 2. The molecule has 0 bridgehead atoms. The number of aliphatic hydroxyl groups is 1. The molecule has 2 aliphatic rings. The van der Waals surface area contributed by atoms with Crippen molar-refractivity contribution in [1.82, 2.24) is 9.78 Å². The van der Waals surface area contributed by atoms with Gasteiger partial charge in [-0.3, -0.25) is 4.68 Å². The zero-order valence-corrected chi connectivity index (χ0v) is 11.9. The first-order chi connectivity index (χ1) is 9.78. The molecule has 3 rings (SSSR count). The number of nitrogen functional groups attached to an aromatic ring is 1. The molecule has 0 atom stereocenters. The predicted octanol–water partition coefficient (Wildman–Crippen LogP) is 1.03. The van der Waals surface area contributed by atoms with Crippen LogP contribution in [0.1, 0.15) is 31.7 Å². The maximum absolute atomic E-state index is 9.21. The van der Waals surface area contributed by atoms with Crippen molar-refractivity contribution in [3.63, 3.8) is 0 Å². The van der Waals surface area contributed by atoms with Crippen molar-refractivity contribution in [2.24, 2.45) is 5.92 Å². The lowest BCUT2D eigenvalue weighted by Crippen LogP contribution is -2.37. The third-order valence-electron chi connectivity index (χ3n) is 4.50. The predicted molar refractivity (Wildman–Crippen MR) is 77.8 cm³/mol. The highest BCUT2D eigenvalue weighted by molar-refractivity contribution is 5.61. The zero-order chi connectivity index (χ0) is 13.9. The Bertz CT molecular complexity index is 434. The molecule has 0 spiro atoms. The first-order valence-electron chi connectivity index (χ1n) is 7.56. The second-order valence-electron chi connectivity index (χ2n) is 5.84. The van der Waals surface area contributed by atoms with E-state index in [9.17, 15) is 5.11 Å². The SMILES string of the molecule is Nc1cn([C@H]2CC[C@H](CO)CC2)nc1N1CCOCC1. The lowest BCUT2D eigenvalue weighted by atomic mass is 9.87. The maximum Gasteiger partial charge on any atom is 0.174 e. The summed E-state index contributed by atoms with van der Waals surface area (Å²) in [5.41, 5.74) is 6.89. The van der Waals surface area contributed by atoms with Crippen LogP contribution < -0.4 is 10.6 Å². The summed E-state index contributed by atoms with van der Waals surface area (Å²) >= 11 is 0. The summed E-state index contributed by atoms with van der Waals surface area (Å²) < 4.78 is 7.40. The number of nitrogens with zero attached hydrogens (tertiary/aromatic N) is 3. The monoisotopic (exact) mass is 280 g/mol. The highest BCUT2D eigenvalue weighted by atomic mass is 16.5. The third kappa shape index (κ3) is 2.76. The van der Waals surface area contributed by atoms with E-state index in [4.69, 9.17) is 15.6 Å². The van der Waals surface area contributed by atoms with Crippen LogP contribution >= 0.6 is 0 Å². The number of aromatic nitrogens is 2. The Kier molecular flexibility index (Phi) is 4.12. The van der Waals surface area contributed by atoms with Crippen molar-refractivity contribution >= 4 is 11.5 Å². The van der Waals surface area contributed by atoms with Crippen LogP contribution in [0.2, 0.25) is 0 Å². The molecule has 0 unspecified atom stereocenters. The number of aliphatic hydroxyl groups excluding tert-OH is 1. The molecule has 1 aromatic heterocycles. The molecule has 2 heterocycles. The topological polar surface area (TPSA) is 76.5 Å². The molecule has 6 nitrogen and oxygen atoms in total. The van der Waals surface area contributed by atoms with Gasteiger partial charge in [-0.15, -0.1) is 0 Å². The average molecular weight is 280 g/mol.